The predicted octanol–water partition coefficient (Wildman–Crippen LogP) is 2.41. The van der Waals surface area contributed by atoms with Crippen molar-refractivity contribution in [1.82, 2.24) is 24.8 Å². The molecule has 1 aliphatic heterocycles. The maximum Gasteiger partial charge on any atom is 0.275 e. The summed E-state index contributed by atoms with van der Waals surface area (Å²) in [5.74, 6) is 0.492. The smallest absolute Gasteiger partial charge is 0.275 e. The van der Waals surface area contributed by atoms with Crippen LogP contribution in [0.4, 0.5) is 0 Å². The van der Waals surface area contributed by atoms with Gasteiger partial charge in [0.25, 0.3) is 5.91 Å². The summed E-state index contributed by atoms with van der Waals surface area (Å²) in [7, 11) is 1.85. The molecule has 6 heteroatoms. The summed E-state index contributed by atoms with van der Waals surface area (Å²) < 4.78 is 1.69. The zero-order valence-corrected chi connectivity index (χ0v) is 15.6. The Labute approximate surface area is 155 Å². The van der Waals surface area contributed by atoms with Gasteiger partial charge >= 0.3 is 0 Å². The highest BCUT2D eigenvalue weighted by molar-refractivity contribution is 5.91. The predicted molar refractivity (Wildman–Crippen MR) is 103 cm³/mol. The fourth-order valence-electron chi connectivity index (χ4n) is 3.36. The third kappa shape index (κ3) is 4.79. The molecule has 3 rings (SSSR count). The molecule has 0 spiro atoms. The summed E-state index contributed by atoms with van der Waals surface area (Å²) in [6.45, 7) is 6.84. The first kappa shape index (κ1) is 18.3. The molecule has 1 saturated heterocycles. The Morgan fingerprint density at radius 1 is 1.35 bits per heavy atom. The molecule has 0 bridgehead atoms. The molecule has 1 amide bonds. The van der Waals surface area contributed by atoms with E-state index in [0.29, 0.717) is 18.2 Å². The number of carbonyl (C=O) groups is 1. The Kier molecular flexibility index (Phi) is 6.17. The van der Waals surface area contributed by atoms with Gasteiger partial charge in [-0.15, -0.1) is 5.10 Å². The molecule has 1 aromatic carbocycles. The summed E-state index contributed by atoms with van der Waals surface area (Å²) in [5, 5.41) is 8.11. The molecule has 0 saturated carbocycles. The normalized spacial score (nSPS) is 17.8. The molecule has 2 heterocycles. The first-order valence-corrected chi connectivity index (χ1v) is 9.25. The van der Waals surface area contributed by atoms with E-state index in [1.807, 2.05) is 49.5 Å². The first-order valence-electron chi connectivity index (χ1n) is 9.25. The van der Waals surface area contributed by atoms with Gasteiger partial charge in [-0.3, -0.25) is 4.79 Å². The highest BCUT2D eigenvalue weighted by Crippen LogP contribution is 2.17. The number of carbonyl (C=O) groups excluding carboxylic acids is 1. The summed E-state index contributed by atoms with van der Waals surface area (Å²) in [6.07, 6.45) is 6.93. The summed E-state index contributed by atoms with van der Waals surface area (Å²) >= 11 is 0. The third-order valence-electron chi connectivity index (χ3n) is 4.86. The topological polar surface area (TPSA) is 54.3 Å². The monoisotopic (exact) mass is 353 g/mol. The number of allylic oxidation sites excluding steroid dienone is 1. The largest absolute Gasteiger partial charge is 0.340 e. The Morgan fingerprint density at radius 3 is 2.88 bits per heavy atom. The quantitative estimate of drug-likeness (QED) is 0.767. The van der Waals surface area contributed by atoms with E-state index in [4.69, 9.17) is 0 Å². The summed E-state index contributed by atoms with van der Waals surface area (Å²) in [5.41, 5.74) is 1.55. The highest BCUT2D eigenvalue weighted by Gasteiger charge is 2.25. The molecule has 0 radical (unpaired) electrons. The van der Waals surface area contributed by atoms with E-state index >= 15 is 0 Å². The maximum absolute atomic E-state index is 12.6. The average molecular weight is 353 g/mol. The molecular formula is C20H27N5O. The van der Waals surface area contributed by atoms with Gasteiger partial charge in [-0.05, 0) is 31.0 Å². The lowest BCUT2D eigenvalue weighted by Crippen LogP contribution is -2.33. The molecule has 1 unspecified atom stereocenters. The van der Waals surface area contributed by atoms with Gasteiger partial charge in [-0.25, -0.2) is 4.68 Å². The molecule has 6 nitrogen and oxygen atoms in total. The molecule has 0 aliphatic carbocycles. The second kappa shape index (κ2) is 8.76. The minimum absolute atomic E-state index is 0.0572. The van der Waals surface area contributed by atoms with Crippen molar-refractivity contribution in [2.24, 2.45) is 5.92 Å². The number of hydrogen-bond donors (Lipinski definition) is 0. The first-order chi connectivity index (χ1) is 12.7. The standard InChI is InChI=1S/C20H27N5O/c1-3-24-13-11-18(15-24)14-23(2)20(26)19-16-25(22-21-19)12-7-10-17-8-5-4-6-9-17/h4-10,16,18H,3,11-15H2,1-2H3/b10-7+. The fraction of sp³-hybridized carbons (Fsp3) is 0.450. The molecule has 1 fully saturated rings. The lowest BCUT2D eigenvalue weighted by Gasteiger charge is -2.20. The van der Waals surface area contributed by atoms with Gasteiger partial charge in [-0.1, -0.05) is 54.6 Å². The molecule has 138 valence electrons. The van der Waals surface area contributed by atoms with Gasteiger partial charge in [-0.2, -0.15) is 0 Å². The van der Waals surface area contributed by atoms with Crippen LogP contribution in [-0.4, -0.2) is 63.9 Å². The van der Waals surface area contributed by atoms with Crippen molar-refractivity contribution >= 4 is 12.0 Å². The van der Waals surface area contributed by atoms with Gasteiger partial charge < -0.3 is 9.80 Å². The highest BCUT2D eigenvalue weighted by atomic mass is 16.2. The van der Waals surface area contributed by atoms with Crippen LogP contribution in [0, 0.1) is 5.92 Å². The second-order valence-electron chi connectivity index (χ2n) is 6.87. The number of benzene rings is 1. The van der Waals surface area contributed by atoms with Crippen LogP contribution in [-0.2, 0) is 6.54 Å². The van der Waals surface area contributed by atoms with Crippen molar-refractivity contribution in [3.05, 3.63) is 53.9 Å². The van der Waals surface area contributed by atoms with Gasteiger partial charge in [0.1, 0.15) is 0 Å². The lowest BCUT2D eigenvalue weighted by atomic mass is 10.1. The van der Waals surface area contributed by atoms with E-state index in [-0.39, 0.29) is 5.91 Å². The molecule has 0 N–H and O–H groups in total. The van der Waals surface area contributed by atoms with Crippen LogP contribution in [0.3, 0.4) is 0 Å². The summed E-state index contributed by atoms with van der Waals surface area (Å²) in [4.78, 5) is 16.8. The Morgan fingerprint density at radius 2 is 2.15 bits per heavy atom. The van der Waals surface area contributed by atoms with Crippen LogP contribution in [0.15, 0.2) is 42.6 Å². The Balaban J connectivity index is 1.51. The Bertz CT molecular complexity index is 740. The van der Waals surface area contributed by atoms with Crippen LogP contribution in [0.25, 0.3) is 6.08 Å². The fourth-order valence-corrected chi connectivity index (χ4v) is 3.36. The van der Waals surface area contributed by atoms with Crippen molar-refractivity contribution < 1.29 is 4.79 Å². The van der Waals surface area contributed by atoms with Crippen molar-refractivity contribution in [1.29, 1.82) is 0 Å². The minimum Gasteiger partial charge on any atom is -0.340 e. The van der Waals surface area contributed by atoms with Gasteiger partial charge in [0.05, 0.1) is 12.7 Å². The number of aromatic nitrogens is 3. The van der Waals surface area contributed by atoms with Crippen LogP contribution in [0.2, 0.25) is 0 Å². The van der Waals surface area contributed by atoms with Crippen LogP contribution >= 0.6 is 0 Å². The van der Waals surface area contributed by atoms with Crippen molar-refractivity contribution in [3.63, 3.8) is 0 Å². The number of nitrogens with zero attached hydrogens (tertiary/aromatic N) is 5. The van der Waals surface area contributed by atoms with Crippen LogP contribution in [0.1, 0.15) is 29.4 Å². The lowest BCUT2D eigenvalue weighted by molar-refractivity contribution is 0.0767. The number of rotatable bonds is 7. The average Bonchev–Trinajstić information content (AvgIpc) is 3.31. The zero-order chi connectivity index (χ0) is 18.4. The molecule has 26 heavy (non-hydrogen) atoms. The van der Waals surface area contributed by atoms with Crippen molar-refractivity contribution in [2.75, 3.05) is 33.2 Å². The number of likely N-dealkylation sites (tertiary alicyclic amines) is 1. The van der Waals surface area contributed by atoms with Crippen molar-refractivity contribution in [3.8, 4) is 0 Å². The van der Waals surface area contributed by atoms with E-state index in [1.54, 1.807) is 15.8 Å². The van der Waals surface area contributed by atoms with Gasteiger partial charge in [0.15, 0.2) is 5.69 Å². The third-order valence-corrected chi connectivity index (χ3v) is 4.86. The van der Waals surface area contributed by atoms with Crippen molar-refractivity contribution in [2.45, 2.75) is 19.9 Å². The Hall–Kier alpha value is -2.47. The molecule has 1 aliphatic rings. The van der Waals surface area contributed by atoms with E-state index in [1.165, 1.54) is 0 Å². The van der Waals surface area contributed by atoms with Crippen LogP contribution in [0.5, 0.6) is 0 Å². The van der Waals surface area contributed by atoms with E-state index in [0.717, 1.165) is 38.2 Å². The zero-order valence-electron chi connectivity index (χ0n) is 15.6. The molecule has 1 atom stereocenters. The number of hydrogen-bond acceptors (Lipinski definition) is 4. The van der Waals surface area contributed by atoms with Gasteiger partial charge in [0.2, 0.25) is 0 Å². The number of amides is 1. The van der Waals surface area contributed by atoms with E-state index < -0.39 is 0 Å². The molecule has 2 aromatic rings. The molecular weight excluding hydrogens is 326 g/mol. The summed E-state index contributed by atoms with van der Waals surface area (Å²) in [6, 6.07) is 10.1. The van der Waals surface area contributed by atoms with Crippen LogP contribution < -0.4 is 0 Å². The second-order valence-corrected chi connectivity index (χ2v) is 6.87. The minimum atomic E-state index is -0.0572. The van der Waals surface area contributed by atoms with E-state index in [9.17, 15) is 4.79 Å². The maximum atomic E-state index is 12.6. The van der Waals surface area contributed by atoms with E-state index in [2.05, 4.69) is 22.1 Å². The SMILES string of the molecule is CCN1CCC(CN(C)C(=O)c2cn(C/C=C/c3ccccc3)nn2)C1. The molecule has 1 aromatic heterocycles. The van der Waals surface area contributed by atoms with Gasteiger partial charge in [0, 0.05) is 20.1 Å².